The van der Waals surface area contributed by atoms with Gasteiger partial charge in [-0.2, -0.15) is 0 Å². The predicted molar refractivity (Wildman–Crippen MR) is 44.2 cm³/mol. The minimum absolute atomic E-state index is 0.0108. The lowest BCUT2D eigenvalue weighted by Gasteiger charge is -2.08. The zero-order valence-corrected chi connectivity index (χ0v) is 6.82. The number of aliphatic hydroxyl groups is 1. The lowest BCUT2D eigenvalue weighted by atomic mass is 10.3. The third-order valence-corrected chi connectivity index (χ3v) is 1.75. The van der Waals surface area contributed by atoms with Crippen molar-refractivity contribution in [3.63, 3.8) is 0 Å². The molecule has 0 bridgehead atoms. The molecule has 2 N–H and O–H groups in total. The molecule has 0 fully saturated rings. The first-order valence-corrected chi connectivity index (χ1v) is 3.66. The van der Waals surface area contributed by atoms with Crippen LogP contribution in [0.2, 0.25) is 0 Å². The third-order valence-electron chi connectivity index (χ3n) is 1.75. The minimum Gasteiger partial charge on any atom is -0.503 e. The van der Waals surface area contributed by atoms with E-state index < -0.39 is 0 Å². The van der Waals surface area contributed by atoms with Gasteiger partial charge < -0.3 is 14.8 Å². The summed E-state index contributed by atoms with van der Waals surface area (Å²) >= 11 is 0. The van der Waals surface area contributed by atoms with E-state index in [2.05, 4.69) is 0 Å². The summed E-state index contributed by atoms with van der Waals surface area (Å²) in [5.74, 6) is -0.244. The third kappa shape index (κ3) is 1.48. The maximum absolute atomic E-state index is 10.9. The van der Waals surface area contributed by atoms with Crippen molar-refractivity contribution in [2.45, 2.75) is 13.5 Å². The van der Waals surface area contributed by atoms with E-state index in [0.717, 1.165) is 0 Å². The highest BCUT2D eigenvalue weighted by molar-refractivity contribution is 5.25. The Morgan fingerprint density at radius 1 is 1.58 bits per heavy atom. The second kappa shape index (κ2) is 3.40. The topological polar surface area (TPSA) is 62.5 Å². The van der Waals surface area contributed by atoms with Crippen LogP contribution >= 0.6 is 0 Å². The molecule has 0 saturated heterocycles. The zero-order valence-electron chi connectivity index (χ0n) is 6.82. The Hall–Kier alpha value is -1.29. The molecule has 66 valence electrons. The lowest BCUT2D eigenvalue weighted by molar-refractivity contribution is 0.273. The van der Waals surface area contributed by atoms with Gasteiger partial charge in [0.15, 0.2) is 5.75 Å². The number of pyridine rings is 1. The zero-order chi connectivity index (χ0) is 9.14. The maximum atomic E-state index is 10.9. The Kier molecular flexibility index (Phi) is 2.50. The molecule has 0 saturated carbocycles. The van der Waals surface area contributed by atoms with Crippen molar-refractivity contribution in [3.8, 4) is 5.75 Å². The summed E-state index contributed by atoms with van der Waals surface area (Å²) < 4.78 is 1.62. The monoisotopic (exact) mass is 169 g/mol. The van der Waals surface area contributed by atoms with Crippen LogP contribution in [0.15, 0.2) is 17.1 Å². The second-order valence-corrected chi connectivity index (χ2v) is 2.53. The van der Waals surface area contributed by atoms with Gasteiger partial charge in [0.1, 0.15) is 0 Å². The number of hydrogen-bond donors (Lipinski definition) is 2. The van der Waals surface area contributed by atoms with Crippen molar-refractivity contribution in [1.82, 2.24) is 4.57 Å². The molecule has 0 radical (unpaired) electrons. The Balaban J connectivity index is 3.17. The number of rotatable bonds is 2. The SMILES string of the molecule is Cc1c(O)c(=O)ccn1CCO. The first-order valence-electron chi connectivity index (χ1n) is 3.66. The molecule has 0 amide bonds. The molecule has 0 aliphatic carbocycles. The van der Waals surface area contributed by atoms with Gasteiger partial charge >= 0.3 is 0 Å². The van der Waals surface area contributed by atoms with E-state index in [1.54, 1.807) is 17.7 Å². The van der Waals surface area contributed by atoms with Crippen LogP contribution in [0, 0.1) is 6.92 Å². The Bertz CT molecular complexity index is 330. The van der Waals surface area contributed by atoms with Crippen LogP contribution in [-0.4, -0.2) is 21.4 Å². The molecule has 1 heterocycles. The van der Waals surface area contributed by atoms with Gasteiger partial charge in [0.05, 0.1) is 12.3 Å². The molecule has 0 unspecified atom stereocenters. The highest BCUT2D eigenvalue weighted by Crippen LogP contribution is 2.08. The van der Waals surface area contributed by atoms with E-state index in [1.165, 1.54) is 6.07 Å². The number of aromatic nitrogens is 1. The van der Waals surface area contributed by atoms with Gasteiger partial charge in [0.2, 0.25) is 5.43 Å². The molecule has 0 aromatic carbocycles. The van der Waals surface area contributed by atoms with Crippen LogP contribution in [-0.2, 0) is 6.54 Å². The summed E-state index contributed by atoms with van der Waals surface area (Å²) in [6.07, 6.45) is 1.55. The minimum atomic E-state index is -0.387. The first kappa shape index (κ1) is 8.80. The van der Waals surface area contributed by atoms with Crippen molar-refractivity contribution in [2.75, 3.05) is 6.61 Å². The quantitative estimate of drug-likeness (QED) is 0.647. The molecule has 4 heteroatoms. The van der Waals surface area contributed by atoms with E-state index in [4.69, 9.17) is 5.11 Å². The average molecular weight is 169 g/mol. The van der Waals surface area contributed by atoms with E-state index in [-0.39, 0.29) is 17.8 Å². The lowest BCUT2D eigenvalue weighted by Crippen LogP contribution is -2.11. The van der Waals surface area contributed by atoms with E-state index in [1.807, 2.05) is 0 Å². The summed E-state index contributed by atoms with van der Waals surface area (Å²) in [6.45, 7) is 2.01. The highest BCUT2D eigenvalue weighted by atomic mass is 16.3. The van der Waals surface area contributed by atoms with E-state index in [0.29, 0.717) is 12.2 Å². The summed E-state index contributed by atoms with van der Waals surface area (Å²) in [4.78, 5) is 10.9. The van der Waals surface area contributed by atoms with Gasteiger partial charge in [0.25, 0.3) is 0 Å². The molecule has 1 aromatic heterocycles. The molecule has 0 spiro atoms. The van der Waals surface area contributed by atoms with Gasteiger partial charge in [0, 0.05) is 18.8 Å². The molecule has 0 aliphatic heterocycles. The van der Waals surface area contributed by atoms with Gasteiger partial charge in [-0.3, -0.25) is 4.79 Å². The van der Waals surface area contributed by atoms with Crippen molar-refractivity contribution >= 4 is 0 Å². The Morgan fingerprint density at radius 3 is 2.83 bits per heavy atom. The predicted octanol–water partition coefficient (Wildman–Crippen LogP) is -0.145. The number of nitrogens with zero attached hydrogens (tertiary/aromatic N) is 1. The number of aromatic hydroxyl groups is 1. The Labute approximate surface area is 69.7 Å². The van der Waals surface area contributed by atoms with E-state index in [9.17, 15) is 9.90 Å². The van der Waals surface area contributed by atoms with Gasteiger partial charge in [-0.25, -0.2) is 0 Å². The second-order valence-electron chi connectivity index (χ2n) is 2.53. The van der Waals surface area contributed by atoms with Gasteiger partial charge in [-0.15, -0.1) is 0 Å². The molecule has 12 heavy (non-hydrogen) atoms. The van der Waals surface area contributed by atoms with Crippen LogP contribution in [0.5, 0.6) is 5.75 Å². The largest absolute Gasteiger partial charge is 0.503 e. The fourth-order valence-corrected chi connectivity index (χ4v) is 1.01. The average Bonchev–Trinajstić information content (AvgIpc) is 2.07. The van der Waals surface area contributed by atoms with Gasteiger partial charge in [-0.1, -0.05) is 0 Å². The molecule has 0 atom stereocenters. The maximum Gasteiger partial charge on any atom is 0.223 e. The van der Waals surface area contributed by atoms with Crippen LogP contribution in [0.3, 0.4) is 0 Å². The molecule has 1 aromatic rings. The van der Waals surface area contributed by atoms with Crippen molar-refractivity contribution in [3.05, 3.63) is 28.2 Å². The molecule has 1 rings (SSSR count). The standard InChI is InChI=1S/C8H11NO3/c1-6-8(12)7(11)2-3-9(6)4-5-10/h2-3,10,12H,4-5H2,1H3. The smallest absolute Gasteiger partial charge is 0.223 e. The van der Waals surface area contributed by atoms with Crippen molar-refractivity contribution < 1.29 is 10.2 Å². The first-order chi connectivity index (χ1) is 5.66. The van der Waals surface area contributed by atoms with Crippen molar-refractivity contribution in [1.29, 1.82) is 0 Å². The molecular formula is C8H11NO3. The van der Waals surface area contributed by atoms with Gasteiger partial charge in [-0.05, 0) is 6.92 Å². The summed E-state index contributed by atoms with van der Waals surface area (Å²) in [7, 11) is 0. The summed E-state index contributed by atoms with van der Waals surface area (Å²) in [6, 6.07) is 1.28. The Morgan fingerprint density at radius 2 is 2.25 bits per heavy atom. The van der Waals surface area contributed by atoms with Crippen LogP contribution < -0.4 is 5.43 Å². The highest BCUT2D eigenvalue weighted by Gasteiger charge is 2.03. The van der Waals surface area contributed by atoms with Crippen molar-refractivity contribution in [2.24, 2.45) is 0 Å². The summed E-state index contributed by atoms with van der Waals surface area (Å²) in [5, 5.41) is 17.8. The van der Waals surface area contributed by atoms with Crippen LogP contribution in [0.4, 0.5) is 0 Å². The molecular weight excluding hydrogens is 158 g/mol. The van der Waals surface area contributed by atoms with E-state index >= 15 is 0 Å². The fourth-order valence-electron chi connectivity index (χ4n) is 1.01. The number of hydrogen-bond acceptors (Lipinski definition) is 3. The van der Waals surface area contributed by atoms with Crippen LogP contribution in [0.25, 0.3) is 0 Å². The summed E-state index contributed by atoms with van der Waals surface area (Å²) in [5.41, 5.74) is 0.0956. The fraction of sp³-hybridized carbons (Fsp3) is 0.375. The number of aliphatic hydroxyl groups excluding tert-OH is 1. The normalized spacial score (nSPS) is 10.2. The molecule has 4 nitrogen and oxygen atoms in total. The van der Waals surface area contributed by atoms with Crippen LogP contribution in [0.1, 0.15) is 5.69 Å². The molecule has 0 aliphatic rings.